The van der Waals surface area contributed by atoms with Crippen molar-refractivity contribution in [2.75, 3.05) is 0 Å². The Kier molecular flexibility index (Phi) is 4.13. The highest BCUT2D eigenvalue weighted by molar-refractivity contribution is 7.11. The van der Waals surface area contributed by atoms with Gasteiger partial charge in [-0.25, -0.2) is 0 Å². The summed E-state index contributed by atoms with van der Waals surface area (Å²) in [6.45, 7) is 6.35. The minimum absolute atomic E-state index is 0.00898. The third-order valence-corrected chi connectivity index (χ3v) is 3.26. The maximum atomic E-state index is 5.89. The second kappa shape index (κ2) is 4.91. The quantitative estimate of drug-likeness (QED) is 0.724. The summed E-state index contributed by atoms with van der Waals surface area (Å²) < 4.78 is 0. The van der Waals surface area contributed by atoms with Crippen LogP contribution in [0, 0.1) is 5.92 Å². The van der Waals surface area contributed by atoms with E-state index in [9.17, 15) is 0 Å². The molecule has 0 saturated carbocycles. The van der Waals surface area contributed by atoms with Crippen molar-refractivity contribution in [1.29, 1.82) is 0 Å². The average Bonchev–Trinajstić information content (AvgIpc) is 2.48. The first-order valence-corrected chi connectivity index (χ1v) is 5.81. The van der Waals surface area contributed by atoms with Gasteiger partial charge < -0.3 is 0 Å². The summed E-state index contributed by atoms with van der Waals surface area (Å²) in [5.74, 6) is 0.723. The van der Waals surface area contributed by atoms with Crippen LogP contribution >= 0.6 is 22.9 Å². The molecule has 0 radical (unpaired) electrons. The molecule has 0 N–H and O–H groups in total. The summed E-state index contributed by atoms with van der Waals surface area (Å²) in [5, 5.41) is 10.2. The predicted molar refractivity (Wildman–Crippen MR) is 57.3 cm³/mol. The molecule has 4 heteroatoms. The molecule has 0 aliphatic carbocycles. The number of hydrogen-bond acceptors (Lipinski definition) is 3. The van der Waals surface area contributed by atoms with Gasteiger partial charge in [0.1, 0.15) is 10.0 Å². The highest BCUT2D eigenvalue weighted by atomic mass is 35.5. The van der Waals surface area contributed by atoms with Crippen LogP contribution in [-0.4, -0.2) is 10.2 Å². The fraction of sp³-hybridized carbons (Fsp3) is 0.778. The number of hydrogen-bond donors (Lipinski definition) is 0. The number of alkyl halides is 1. The van der Waals surface area contributed by atoms with Gasteiger partial charge in [0.2, 0.25) is 0 Å². The molecule has 1 rings (SSSR count). The highest BCUT2D eigenvalue weighted by Crippen LogP contribution is 2.23. The van der Waals surface area contributed by atoms with Gasteiger partial charge in [-0.2, -0.15) is 0 Å². The molecule has 1 aromatic rings. The largest absolute Gasteiger partial charge is 0.144 e. The zero-order valence-electron chi connectivity index (χ0n) is 8.25. The van der Waals surface area contributed by atoms with Gasteiger partial charge in [-0.15, -0.1) is 21.8 Å². The normalized spacial score (nSPS) is 13.6. The van der Waals surface area contributed by atoms with E-state index in [0.29, 0.717) is 0 Å². The molecule has 13 heavy (non-hydrogen) atoms. The topological polar surface area (TPSA) is 25.8 Å². The van der Waals surface area contributed by atoms with E-state index in [1.165, 1.54) is 6.42 Å². The molecule has 0 aliphatic rings. The second-order valence-corrected chi connectivity index (χ2v) is 5.33. The van der Waals surface area contributed by atoms with Crippen molar-refractivity contribution in [1.82, 2.24) is 10.2 Å². The molecule has 0 saturated heterocycles. The van der Waals surface area contributed by atoms with Crippen molar-refractivity contribution in [2.24, 2.45) is 5.92 Å². The minimum Gasteiger partial charge on any atom is -0.144 e. The van der Waals surface area contributed by atoms with Crippen molar-refractivity contribution in [3.8, 4) is 0 Å². The molecule has 0 spiro atoms. The molecule has 1 heterocycles. The molecule has 74 valence electrons. The molecule has 0 amide bonds. The van der Waals surface area contributed by atoms with E-state index in [0.717, 1.165) is 22.4 Å². The molecule has 0 aliphatic heterocycles. The van der Waals surface area contributed by atoms with E-state index in [-0.39, 0.29) is 5.38 Å². The maximum absolute atomic E-state index is 5.89. The van der Waals surface area contributed by atoms with Crippen molar-refractivity contribution < 1.29 is 0 Å². The van der Waals surface area contributed by atoms with Crippen LogP contribution in [0.25, 0.3) is 0 Å². The second-order valence-electron chi connectivity index (χ2n) is 3.58. The predicted octanol–water partition coefficient (Wildman–Crippen LogP) is 3.43. The number of halogens is 1. The first-order valence-electron chi connectivity index (χ1n) is 4.56. The Balaban J connectivity index is 2.49. The van der Waals surface area contributed by atoms with E-state index in [2.05, 4.69) is 24.0 Å². The molecule has 1 unspecified atom stereocenters. The molecule has 0 aromatic carbocycles. The monoisotopic (exact) mass is 218 g/mol. The zero-order chi connectivity index (χ0) is 9.84. The molecule has 1 atom stereocenters. The number of nitrogens with zero attached hydrogens (tertiary/aromatic N) is 2. The summed E-state index contributed by atoms with van der Waals surface area (Å²) in [6.07, 6.45) is 2.20. The van der Waals surface area contributed by atoms with Gasteiger partial charge in [-0.3, -0.25) is 0 Å². The van der Waals surface area contributed by atoms with Gasteiger partial charge in [-0.1, -0.05) is 25.2 Å². The lowest BCUT2D eigenvalue weighted by molar-refractivity contribution is 0.583. The molecule has 2 nitrogen and oxygen atoms in total. The van der Waals surface area contributed by atoms with Crippen LogP contribution in [0.3, 0.4) is 0 Å². The van der Waals surface area contributed by atoms with Crippen LogP contribution in [0.5, 0.6) is 0 Å². The van der Waals surface area contributed by atoms with Gasteiger partial charge in [0.05, 0.1) is 5.38 Å². The SMILES string of the molecule is CC(C)CCc1nnc(C(C)Cl)s1. The highest BCUT2D eigenvalue weighted by Gasteiger charge is 2.09. The van der Waals surface area contributed by atoms with Gasteiger partial charge in [-0.05, 0) is 19.3 Å². The summed E-state index contributed by atoms with van der Waals surface area (Å²) >= 11 is 7.52. The standard InChI is InChI=1S/C9H15ClN2S/c1-6(2)4-5-8-11-12-9(13-8)7(3)10/h6-7H,4-5H2,1-3H3. The fourth-order valence-corrected chi connectivity index (χ4v) is 1.90. The lowest BCUT2D eigenvalue weighted by Crippen LogP contribution is -1.91. The molecule has 1 aromatic heterocycles. The van der Waals surface area contributed by atoms with Crippen molar-refractivity contribution in [3.63, 3.8) is 0 Å². The fourth-order valence-electron chi connectivity index (χ4n) is 0.941. The zero-order valence-corrected chi connectivity index (χ0v) is 9.82. The summed E-state index contributed by atoms with van der Waals surface area (Å²) in [7, 11) is 0. The van der Waals surface area contributed by atoms with Crippen molar-refractivity contribution in [2.45, 2.75) is 39.0 Å². The Morgan fingerprint density at radius 1 is 1.31 bits per heavy atom. The van der Waals surface area contributed by atoms with E-state index >= 15 is 0 Å². The van der Waals surface area contributed by atoms with Gasteiger partial charge in [0.15, 0.2) is 0 Å². The minimum atomic E-state index is -0.00898. The third kappa shape index (κ3) is 3.61. The lowest BCUT2D eigenvalue weighted by Gasteiger charge is -1.99. The Hall–Kier alpha value is -0.150. The molecular weight excluding hydrogens is 204 g/mol. The Morgan fingerprint density at radius 2 is 2.00 bits per heavy atom. The smallest absolute Gasteiger partial charge is 0.135 e. The molecule has 0 bridgehead atoms. The number of aryl methyl sites for hydroxylation is 1. The van der Waals surface area contributed by atoms with Gasteiger partial charge in [0.25, 0.3) is 0 Å². The summed E-state index contributed by atoms with van der Waals surface area (Å²) in [5.41, 5.74) is 0. The van der Waals surface area contributed by atoms with Crippen LogP contribution in [0.15, 0.2) is 0 Å². The van der Waals surface area contributed by atoms with Crippen LogP contribution in [0.1, 0.15) is 42.6 Å². The lowest BCUT2D eigenvalue weighted by atomic mass is 10.1. The molecular formula is C9H15ClN2S. The number of rotatable bonds is 4. The summed E-state index contributed by atoms with van der Waals surface area (Å²) in [4.78, 5) is 0. The Morgan fingerprint density at radius 3 is 2.46 bits per heavy atom. The van der Waals surface area contributed by atoms with Crippen LogP contribution in [0.2, 0.25) is 0 Å². The van der Waals surface area contributed by atoms with E-state index in [1.807, 2.05) is 6.92 Å². The van der Waals surface area contributed by atoms with Gasteiger partial charge >= 0.3 is 0 Å². The van der Waals surface area contributed by atoms with Crippen molar-refractivity contribution >= 4 is 22.9 Å². The van der Waals surface area contributed by atoms with E-state index in [4.69, 9.17) is 11.6 Å². The van der Waals surface area contributed by atoms with Crippen LogP contribution < -0.4 is 0 Å². The number of aromatic nitrogens is 2. The molecule has 0 fully saturated rings. The van der Waals surface area contributed by atoms with E-state index < -0.39 is 0 Å². The van der Waals surface area contributed by atoms with Crippen molar-refractivity contribution in [3.05, 3.63) is 10.0 Å². The summed E-state index contributed by atoms with van der Waals surface area (Å²) in [6, 6.07) is 0. The maximum Gasteiger partial charge on any atom is 0.135 e. The van der Waals surface area contributed by atoms with Crippen LogP contribution in [-0.2, 0) is 6.42 Å². The van der Waals surface area contributed by atoms with Gasteiger partial charge in [0, 0.05) is 6.42 Å². The Bertz CT molecular complexity index is 258. The van der Waals surface area contributed by atoms with Crippen LogP contribution in [0.4, 0.5) is 0 Å². The third-order valence-electron chi connectivity index (χ3n) is 1.76. The first-order chi connectivity index (χ1) is 6.09. The first kappa shape index (κ1) is 10.9. The van der Waals surface area contributed by atoms with E-state index in [1.54, 1.807) is 11.3 Å². The Labute approximate surface area is 88.3 Å². The average molecular weight is 219 g/mol.